The Morgan fingerprint density at radius 3 is 2.83 bits per heavy atom. The van der Waals surface area contributed by atoms with E-state index in [1.54, 1.807) is 29.6 Å². The van der Waals surface area contributed by atoms with E-state index in [-0.39, 0.29) is 5.70 Å². The van der Waals surface area contributed by atoms with Gasteiger partial charge in [-0.05, 0) is 31.2 Å². The molecular formula is C19H18ClN7O3. The molecule has 1 aliphatic rings. The maximum Gasteiger partial charge on any atom is 0.326 e. The SMILES string of the molecule is CC(O)CNc1cc(Nc2cccc(Cl)c2)nc2c(C=C3NC(=O)NC3=O)cnn12. The third-order valence-electron chi connectivity index (χ3n) is 4.19. The van der Waals surface area contributed by atoms with Crippen LogP contribution in [0.15, 0.2) is 42.2 Å². The van der Waals surface area contributed by atoms with Crippen molar-refractivity contribution in [3.05, 3.63) is 52.8 Å². The molecule has 0 radical (unpaired) electrons. The van der Waals surface area contributed by atoms with Crippen molar-refractivity contribution in [3.8, 4) is 0 Å². The van der Waals surface area contributed by atoms with Crippen LogP contribution in [0.1, 0.15) is 12.5 Å². The van der Waals surface area contributed by atoms with Gasteiger partial charge >= 0.3 is 6.03 Å². The molecule has 2 aromatic heterocycles. The summed E-state index contributed by atoms with van der Waals surface area (Å²) in [6, 6.07) is 8.34. The maximum absolute atomic E-state index is 11.9. The first-order valence-electron chi connectivity index (χ1n) is 9.06. The molecule has 1 atom stereocenters. The van der Waals surface area contributed by atoms with Crippen molar-refractivity contribution in [3.63, 3.8) is 0 Å². The van der Waals surface area contributed by atoms with Gasteiger partial charge in [-0.25, -0.2) is 9.78 Å². The molecule has 0 aliphatic carbocycles. The summed E-state index contributed by atoms with van der Waals surface area (Å²) in [6.45, 7) is 1.96. The van der Waals surface area contributed by atoms with Crippen LogP contribution in [0, 0.1) is 0 Å². The number of amides is 3. The lowest BCUT2D eigenvalue weighted by Crippen LogP contribution is -2.22. The molecule has 11 heteroatoms. The number of carbonyl (C=O) groups excluding carboxylic acids is 2. The number of carbonyl (C=O) groups is 2. The first-order chi connectivity index (χ1) is 14.4. The monoisotopic (exact) mass is 427 g/mol. The second kappa shape index (κ2) is 8.01. The highest BCUT2D eigenvalue weighted by Crippen LogP contribution is 2.24. The molecule has 3 amide bonds. The third kappa shape index (κ3) is 4.19. The summed E-state index contributed by atoms with van der Waals surface area (Å²) in [7, 11) is 0. The van der Waals surface area contributed by atoms with E-state index in [1.165, 1.54) is 12.3 Å². The topological polar surface area (TPSA) is 133 Å². The molecule has 1 fully saturated rings. The van der Waals surface area contributed by atoms with Gasteiger partial charge in [0.1, 0.15) is 17.3 Å². The largest absolute Gasteiger partial charge is 0.392 e. The number of benzene rings is 1. The number of hydrogen-bond donors (Lipinski definition) is 5. The van der Waals surface area contributed by atoms with Gasteiger partial charge < -0.3 is 21.1 Å². The Hall–Kier alpha value is -3.63. The lowest BCUT2D eigenvalue weighted by atomic mass is 10.2. The smallest absolute Gasteiger partial charge is 0.326 e. The van der Waals surface area contributed by atoms with Gasteiger partial charge in [0.2, 0.25) is 0 Å². The molecule has 0 saturated carbocycles. The van der Waals surface area contributed by atoms with Gasteiger partial charge in [0.25, 0.3) is 5.91 Å². The van der Waals surface area contributed by atoms with Gasteiger partial charge in [0.15, 0.2) is 5.65 Å². The van der Waals surface area contributed by atoms with Gasteiger partial charge in [0, 0.05) is 28.9 Å². The van der Waals surface area contributed by atoms with E-state index in [4.69, 9.17) is 11.6 Å². The highest BCUT2D eigenvalue weighted by molar-refractivity contribution is 6.30. The lowest BCUT2D eigenvalue weighted by Gasteiger charge is -2.13. The van der Waals surface area contributed by atoms with E-state index in [0.717, 1.165) is 5.69 Å². The number of anilines is 3. The number of imide groups is 1. The van der Waals surface area contributed by atoms with Gasteiger partial charge in [-0.3, -0.25) is 10.1 Å². The van der Waals surface area contributed by atoms with Crippen molar-refractivity contribution in [1.82, 2.24) is 25.2 Å². The number of halogens is 1. The Labute approximate surface area is 175 Å². The Morgan fingerprint density at radius 2 is 2.13 bits per heavy atom. The van der Waals surface area contributed by atoms with Crippen LogP contribution in [0.5, 0.6) is 0 Å². The summed E-state index contributed by atoms with van der Waals surface area (Å²) < 4.78 is 1.55. The Balaban J connectivity index is 1.77. The van der Waals surface area contributed by atoms with Crippen molar-refractivity contribution in [2.75, 3.05) is 17.2 Å². The highest BCUT2D eigenvalue weighted by atomic mass is 35.5. The quantitative estimate of drug-likeness (QED) is 0.300. The first-order valence-corrected chi connectivity index (χ1v) is 9.44. The van der Waals surface area contributed by atoms with Crippen molar-refractivity contribution in [1.29, 1.82) is 0 Å². The summed E-state index contributed by atoms with van der Waals surface area (Å²) in [5.74, 6) is 0.549. The zero-order valence-corrected chi connectivity index (χ0v) is 16.6. The van der Waals surface area contributed by atoms with Crippen LogP contribution >= 0.6 is 11.6 Å². The minimum absolute atomic E-state index is 0.100. The molecule has 0 spiro atoms. The maximum atomic E-state index is 11.9. The van der Waals surface area contributed by atoms with Crippen LogP contribution in [0.25, 0.3) is 11.7 Å². The van der Waals surface area contributed by atoms with Gasteiger partial charge in [-0.15, -0.1) is 0 Å². The fourth-order valence-corrected chi connectivity index (χ4v) is 3.07. The van der Waals surface area contributed by atoms with E-state index in [0.29, 0.717) is 34.4 Å². The zero-order valence-electron chi connectivity index (χ0n) is 15.8. The van der Waals surface area contributed by atoms with Crippen LogP contribution < -0.4 is 21.3 Å². The molecular weight excluding hydrogens is 410 g/mol. The second-order valence-electron chi connectivity index (χ2n) is 6.69. The van der Waals surface area contributed by atoms with Crippen molar-refractivity contribution in [2.24, 2.45) is 0 Å². The molecule has 1 aliphatic heterocycles. The number of aliphatic hydroxyl groups is 1. The average molecular weight is 428 g/mol. The predicted molar refractivity (Wildman–Crippen MR) is 113 cm³/mol. The molecule has 154 valence electrons. The first kappa shape index (κ1) is 19.7. The fraction of sp³-hybridized carbons (Fsp3) is 0.158. The van der Waals surface area contributed by atoms with Crippen LogP contribution in [-0.2, 0) is 4.79 Å². The number of aromatic nitrogens is 3. The molecule has 3 heterocycles. The van der Waals surface area contributed by atoms with Crippen LogP contribution in [-0.4, -0.2) is 44.3 Å². The number of aliphatic hydroxyl groups excluding tert-OH is 1. The number of urea groups is 1. The summed E-state index contributed by atoms with van der Waals surface area (Å²) in [5.41, 5.74) is 1.81. The number of hydrogen-bond acceptors (Lipinski definition) is 7. The van der Waals surface area contributed by atoms with E-state index >= 15 is 0 Å². The molecule has 0 bridgehead atoms. The normalized spacial score (nSPS) is 15.9. The van der Waals surface area contributed by atoms with Gasteiger partial charge in [-0.1, -0.05) is 17.7 Å². The Morgan fingerprint density at radius 1 is 1.30 bits per heavy atom. The summed E-state index contributed by atoms with van der Waals surface area (Å²) in [5, 5.41) is 25.4. The van der Waals surface area contributed by atoms with E-state index in [1.807, 2.05) is 12.1 Å². The number of rotatable bonds is 6. The molecule has 30 heavy (non-hydrogen) atoms. The second-order valence-corrected chi connectivity index (χ2v) is 7.13. The lowest BCUT2D eigenvalue weighted by molar-refractivity contribution is -0.115. The van der Waals surface area contributed by atoms with Crippen molar-refractivity contribution >= 4 is 52.6 Å². The molecule has 10 nitrogen and oxygen atoms in total. The average Bonchev–Trinajstić information content (AvgIpc) is 3.22. The minimum Gasteiger partial charge on any atom is -0.392 e. The Bertz CT molecular complexity index is 1170. The molecule has 4 rings (SSSR count). The van der Waals surface area contributed by atoms with Crippen LogP contribution in [0.3, 0.4) is 0 Å². The Kier molecular flexibility index (Phi) is 5.25. The summed E-state index contributed by atoms with van der Waals surface area (Å²) in [4.78, 5) is 27.8. The number of nitrogens with one attached hydrogen (secondary N) is 4. The van der Waals surface area contributed by atoms with Gasteiger partial charge in [-0.2, -0.15) is 9.61 Å². The number of fused-ring (bicyclic) bond motifs is 1. The molecule has 1 saturated heterocycles. The van der Waals surface area contributed by atoms with E-state index < -0.39 is 18.0 Å². The number of nitrogens with zero attached hydrogens (tertiary/aromatic N) is 3. The molecule has 1 aromatic carbocycles. The van der Waals surface area contributed by atoms with E-state index in [9.17, 15) is 14.7 Å². The minimum atomic E-state index is -0.585. The van der Waals surface area contributed by atoms with Crippen molar-refractivity contribution in [2.45, 2.75) is 13.0 Å². The summed E-state index contributed by atoms with van der Waals surface area (Å²) in [6.07, 6.45) is 2.45. The highest BCUT2D eigenvalue weighted by Gasteiger charge is 2.23. The fourth-order valence-electron chi connectivity index (χ4n) is 2.88. The molecule has 5 N–H and O–H groups in total. The van der Waals surface area contributed by atoms with Crippen LogP contribution in [0.2, 0.25) is 5.02 Å². The zero-order chi connectivity index (χ0) is 21.3. The van der Waals surface area contributed by atoms with Gasteiger partial charge in [0.05, 0.1) is 12.3 Å². The summed E-state index contributed by atoms with van der Waals surface area (Å²) >= 11 is 6.06. The van der Waals surface area contributed by atoms with Crippen molar-refractivity contribution < 1.29 is 14.7 Å². The predicted octanol–water partition coefficient (Wildman–Crippen LogP) is 2.10. The standard InChI is InChI=1S/C19H18ClN7O3/c1-10(28)8-21-16-7-15(23-13-4-2-3-12(20)6-13)25-17-11(9-22-27(16)17)5-14-18(29)26-19(30)24-14/h2-7,9-10,21,28H,8H2,1H3,(H,23,25)(H2,24,26,29,30). The molecule has 3 aromatic rings. The van der Waals surface area contributed by atoms with Crippen LogP contribution in [0.4, 0.5) is 22.1 Å². The third-order valence-corrected chi connectivity index (χ3v) is 4.43. The van der Waals surface area contributed by atoms with E-state index in [2.05, 4.69) is 31.3 Å². The molecule has 1 unspecified atom stereocenters.